The van der Waals surface area contributed by atoms with E-state index < -0.39 is 0 Å². The average Bonchev–Trinajstić information content (AvgIpc) is 2.38. The molecule has 1 heterocycles. The Morgan fingerprint density at radius 2 is 1.88 bits per heavy atom. The molecule has 0 saturated carbocycles. The Kier molecular flexibility index (Phi) is 2.64. The third-order valence-electron chi connectivity index (χ3n) is 2.34. The van der Waals surface area contributed by atoms with Gasteiger partial charge in [0.2, 0.25) is 11.3 Å². The molecule has 4 nitrogen and oxygen atoms in total. The van der Waals surface area contributed by atoms with Crippen LogP contribution in [0.2, 0.25) is 0 Å². The van der Waals surface area contributed by atoms with Crippen molar-refractivity contribution in [2.45, 2.75) is 6.42 Å². The quantitative estimate of drug-likeness (QED) is 0.688. The first-order chi connectivity index (χ1) is 7.70. The lowest BCUT2D eigenvalue weighted by Crippen LogP contribution is -2.17. The summed E-state index contributed by atoms with van der Waals surface area (Å²) in [4.78, 5) is 11.9. The summed E-state index contributed by atoms with van der Waals surface area (Å²) in [6.07, 6.45) is 11.4. The summed E-state index contributed by atoms with van der Waals surface area (Å²) in [6, 6.07) is 0. The zero-order valence-electron chi connectivity index (χ0n) is 8.64. The fourth-order valence-corrected chi connectivity index (χ4v) is 1.49. The minimum Gasteiger partial charge on any atom is -0.439 e. The Bertz CT molecular complexity index is 551. The lowest BCUT2D eigenvalue weighted by Gasteiger charge is -2.05. The van der Waals surface area contributed by atoms with Crippen LogP contribution in [-0.4, -0.2) is 0 Å². The molecule has 2 rings (SSSR count). The maximum atomic E-state index is 11.9. The number of hydrogen-bond donors (Lipinski definition) is 2. The summed E-state index contributed by atoms with van der Waals surface area (Å²) in [5.41, 5.74) is 11.3. The Morgan fingerprint density at radius 3 is 2.69 bits per heavy atom. The van der Waals surface area contributed by atoms with E-state index in [0.29, 0.717) is 17.7 Å². The van der Waals surface area contributed by atoms with E-state index in [9.17, 15) is 4.79 Å². The van der Waals surface area contributed by atoms with E-state index in [1.807, 2.05) is 24.3 Å². The van der Waals surface area contributed by atoms with Crippen molar-refractivity contribution >= 4 is 17.6 Å². The SMILES string of the molecule is Nc1oc2c(c(=O)c1N)C\C=C/C=C\C=C/2. The molecule has 0 bridgehead atoms. The van der Waals surface area contributed by atoms with Crippen LogP contribution >= 0.6 is 0 Å². The highest BCUT2D eigenvalue weighted by molar-refractivity contribution is 5.62. The molecule has 1 aliphatic rings. The van der Waals surface area contributed by atoms with Crippen LogP contribution in [0.25, 0.3) is 6.08 Å². The lowest BCUT2D eigenvalue weighted by atomic mass is 10.1. The molecule has 0 aromatic carbocycles. The summed E-state index contributed by atoms with van der Waals surface area (Å²) >= 11 is 0. The van der Waals surface area contributed by atoms with Gasteiger partial charge in [0.25, 0.3) is 0 Å². The Labute approximate surface area is 92.6 Å². The molecule has 0 aliphatic heterocycles. The van der Waals surface area contributed by atoms with Crippen molar-refractivity contribution in [2.24, 2.45) is 0 Å². The summed E-state index contributed by atoms with van der Waals surface area (Å²) in [7, 11) is 0. The maximum absolute atomic E-state index is 11.9. The molecule has 1 aliphatic carbocycles. The lowest BCUT2D eigenvalue weighted by molar-refractivity contribution is 0.554. The molecule has 0 unspecified atom stereocenters. The van der Waals surface area contributed by atoms with E-state index in [2.05, 4.69) is 0 Å². The first-order valence-corrected chi connectivity index (χ1v) is 4.91. The number of rotatable bonds is 0. The van der Waals surface area contributed by atoms with Gasteiger partial charge in [0.15, 0.2) is 0 Å². The van der Waals surface area contributed by atoms with E-state index in [1.165, 1.54) is 0 Å². The van der Waals surface area contributed by atoms with Crippen LogP contribution in [0, 0.1) is 0 Å². The second kappa shape index (κ2) is 4.10. The highest BCUT2D eigenvalue weighted by Gasteiger charge is 2.12. The molecule has 0 radical (unpaired) electrons. The molecule has 0 saturated heterocycles. The van der Waals surface area contributed by atoms with Crippen molar-refractivity contribution < 1.29 is 4.42 Å². The number of anilines is 2. The van der Waals surface area contributed by atoms with Crippen molar-refractivity contribution in [1.29, 1.82) is 0 Å². The topological polar surface area (TPSA) is 82.2 Å². The summed E-state index contributed by atoms with van der Waals surface area (Å²) in [6.45, 7) is 0. The van der Waals surface area contributed by atoms with Gasteiger partial charge in [-0.2, -0.15) is 0 Å². The minimum absolute atomic E-state index is 0.0206. The zero-order valence-corrected chi connectivity index (χ0v) is 8.64. The second-order valence-corrected chi connectivity index (χ2v) is 3.43. The van der Waals surface area contributed by atoms with Crippen molar-refractivity contribution in [3.8, 4) is 0 Å². The first-order valence-electron chi connectivity index (χ1n) is 4.91. The number of hydrogen-bond acceptors (Lipinski definition) is 4. The maximum Gasteiger partial charge on any atom is 0.218 e. The van der Waals surface area contributed by atoms with Crippen molar-refractivity contribution in [1.82, 2.24) is 0 Å². The van der Waals surface area contributed by atoms with Gasteiger partial charge in [-0.1, -0.05) is 30.4 Å². The Balaban J connectivity index is 2.68. The van der Waals surface area contributed by atoms with E-state index in [-0.39, 0.29) is 17.0 Å². The van der Waals surface area contributed by atoms with Crippen LogP contribution in [0.4, 0.5) is 11.6 Å². The fraction of sp³-hybridized carbons (Fsp3) is 0.0833. The van der Waals surface area contributed by atoms with Crippen LogP contribution in [0.15, 0.2) is 39.6 Å². The van der Waals surface area contributed by atoms with E-state index in [4.69, 9.17) is 15.9 Å². The fourth-order valence-electron chi connectivity index (χ4n) is 1.49. The number of nitrogens with two attached hydrogens (primary N) is 2. The first kappa shape index (κ1) is 10.3. The van der Waals surface area contributed by atoms with E-state index in [1.54, 1.807) is 12.2 Å². The van der Waals surface area contributed by atoms with Gasteiger partial charge in [0.1, 0.15) is 11.4 Å². The predicted octanol–water partition coefficient (Wildman–Crippen LogP) is 1.49. The Hall–Kier alpha value is -2.23. The summed E-state index contributed by atoms with van der Waals surface area (Å²) in [5.74, 6) is 0.438. The number of fused-ring (bicyclic) bond motifs is 1. The van der Waals surface area contributed by atoms with E-state index in [0.717, 1.165) is 0 Å². The van der Waals surface area contributed by atoms with Gasteiger partial charge < -0.3 is 15.9 Å². The van der Waals surface area contributed by atoms with Gasteiger partial charge in [-0.15, -0.1) is 0 Å². The van der Waals surface area contributed by atoms with E-state index >= 15 is 0 Å². The second-order valence-electron chi connectivity index (χ2n) is 3.43. The molecule has 0 fully saturated rings. The highest BCUT2D eigenvalue weighted by Crippen LogP contribution is 2.18. The van der Waals surface area contributed by atoms with Crippen LogP contribution in [0.5, 0.6) is 0 Å². The van der Waals surface area contributed by atoms with Crippen LogP contribution < -0.4 is 16.9 Å². The molecule has 4 N–H and O–H groups in total. The van der Waals surface area contributed by atoms with Gasteiger partial charge in [-0.05, 0) is 12.5 Å². The largest absolute Gasteiger partial charge is 0.439 e. The third-order valence-corrected chi connectivity index (χ3v) is 2.34. The van der Waals surface area contributed by atoms with Crippen molar-refractivity contribution in [3.05, 3.63) is 51.9 Å². The van der Waals surface area contributed by atoms with Crippen molar-refractivity contribution in [3.63, 3.8) is 0 Å². The van der Waals surface area contributed by atoms with Gasteiger partial charge in [-0.3, -0.25) is 4.79 Å². The monoisotopic (exact) mass is 216 g/mol. The molecule has 0 amide bonds. The van der Waals surface area contributed by atoms with Gasteiger partial charge in [0.05, 0.1) is 0 Å². The average molecular weight is 216 g/mol. The molecule has 0 spiro atoms. The van der Waals surface area contributed by atoms with Crippen LogP contribution in [-0.2, 0) is 6.42 Å². The number of nitrogen functional groups attached to an aromatic ring is 2. The van der Waals surface area contributed by atoms with Gasteiger partial charge >= 0.3 is 0 Å². The molecule has 1 aromatic rings. The normalized spacial score (nSPS) is 20.0. The summed E-state index contributed by atoms with van der Waals surface area (Å²) in [5, 5.41) is 0. The minimum atomic E-state index is -0.255. The standard InChI is InChI=1S/C12H12N2O2/c13-10-11(15)8-6-4-2-1-3-5-7-9(8)16-12(10)14/h1-5,7H,6,13-14H2/b3-1-,4-2-,7-5-. The molecule has 4 heteroatoms. The van der Waals surface area contributed by atoms with Crippen LogP contribution in [0.1, 0.15) is 11.3 Å². The molecule has 82 valence electrons. The third kappa shape index (κ3) is 1.77. The van der Waals surface area contributed by atoms with Crippen LogP contribution in [0.3, 0.4) is 0 Å². The molecular weight excluding hydrogens is 204 g/mol. The molecule has 1 aromatic heterocycles. The smallest absolute Gasteiger partial charge is 0.218 e. The van der Waals surface area contributed by atoms with Gasteiger partial charge in [-0.25, -0.2) is 0 Å². The van der Waals surface area contributed by atoms with Gasteiger partial charge in [0, 0.05) is 5.56 Å². The molecule has 16 heavy (non-hydrogen) atoms. The number of allylic oxidation sites excluding steroid dienone is 5. The Morgan fingerprint density at radius 1 is 1.12 bits per heavy atom. The highest BCUT2D eigenvalue weighted by atomic mass is 16.3. The zero-order chi connectivity index (χ0) is 11.5. The summed E-state index contributed by atoms with van der Waals surface area (Å²) < 4.78 is 5.30. The molecule has 0 atom stereocenters. The molecular formula is C12H12N2O2. The van der Waals surface area contributed by atoms with Crippen molar-refractivity contribution in [2.75, 3.05) is 11.5 Å². The predicted molar refractivity (Wildman–Crippen MR) is 64.8 cm³/mol.